The molecule has 1 unspecified atom stereocenters. The van der Waals surface area contributed by atoms with E-state index in [1.807, 2.05) is 0 Å². The van der Waals surface area contributed by atoms with Crippen LogP contribution in [0.1, 0.15) is 17.5 Å². The van der Waals surface area contributed by atoms with Crippen LogP contribution in [0.3, 0.4) is 0 Å². The Balaban J connectivity index is 1.67. The third-order valence-electron chi connectivity index (χ3n) is 5.78. The number of carbonyl (C=O) groups is 1. The van der Waals surface area contributed by atoms with Crippen molar-refractivity contribution in [1.82, 2.24) is 9.21 Å². The number of nitrogens with zero attached hydrogens (tertiary/aromatic N) is 2. The standard InChI is InChI=1S/C21H19F9N2O3S/c22-19(23,24)14-3-1-13(2-4-14)9-18(33)31-5-7-32(8-6-31)36(34,35)17-11-15(20(25,26)27)10-16(12-17)21(28,29)30/h1-4,10-11,17H,5-9,12H2. The van der Waals surface area contributed by atoms with Crippen molar-refractivity contribution in [2.24, 2.45) is 0 Å². The predicted octanol–water partition coefficient (Wildman–Crippen LogP) is 4.47. The molecule has 0 saturated carbocycles. The van der Waals surface area contributed by atoms with Gasteiger partial charge in [-0.15, -0.1) is 0 Å². The molecular weight excluding hydrogens is 531 g/mol. The summed E-state index contributed by atoms with van der Waals surface area (Å²) in [5, 5.41) is -2.09. The smallest absolute Gasteiger partial charge is 0.340 e. The van der Waals surface area contributed by atoms with Gasteiger partial charge >= 0.3 is 18.5 Å². The molecule has 1 heterocycles. The maximum absolute atomic E-state index is 13.1. The third kappa shape index (κ3) is 6.41. The molecule has 1 aliphatic carbocycles. The predicted molar refractivity (Wildman–Crippen MR) is 109 cm³/mol. The number of halogens is 9. The van der Waals surface area contributed by atoms with Crippen LogP contribution in [-0.4, -0.2) is 67.3 Å². The molecule has 0 spiro atoms. The zero-order valence-electron chi connectivity index (χ0n) is 18.2. The monoisotopic (exact) mass is 550 g/mol. The van der Waals surface area contributed by atoms with Gasteiger partial charge < -0.3 is 4.90 Å². The average molecular weight is 550 g/mol. The van der Waals surface area contributed by atoms with Gasteiger partial charge in [0.15, 0.2) is 0 Å². The molecule has 1 aromatic carbocycles. The van der Waals surface area contributed by atoms with Crippen LogP contribution in [0.25, 0.3) is 0 Å². The summed E-state index contributed by atoms with van der Waals surface area (Å²) < 4.78 is 143. The number of amides is 1. The largest absolute Gasteiger partial charge is 0.416 e. The van der Waals surface area contributed by atoms with Crippen molar-refractivity contribution in [3.63, 3.8) is 0 Å². The van der Waals surface area contributed by atoms with Gasteiger partial charge in [-0.2, -0.15) is 43.8 Å². The highest BCUT2D eigenvalue weighted by atomic mass is 32.2. The maximum Gasteiger partial charge on any atom is 0.416 e. The lowest BCUT2D eigenvalue weighted by atomic mass is 9.98. The highest BCUT2D eigenvalue weighted by Gasteiger charge is 2.46. The molecular formula is C21H19F9N2O3S. The van der Waals surface area contributed by atoms with Crippen LogP contribution in [0, 0.1) is 0 Å². The normalized spacial score (nSPS) is 20.7. The molecule has 2 aliphatic rings. The highest BCUT2D eigenvalue weighted by Crippen LogP contribution is 2.40. The zero-order chi connectivity index (χ0) is 27.1. The molecule has 1 saturated heterocycles. The van der Waals surface area contributed by atoms with E-state index in [0.717, 1.165) is 28.6 Å². The lowest BCUT2D eigenvalue weighted by Gasteiger charge is -2.36. The Hall–Kier alpha value is -2.55. The van der Waals surface area contributed by atoms with E-state index in [0.29, 0.717) is 0 Å². The first-order valence-electron chi connectivity index (χ1n) is 10.4. The first-order chi connectivity index (χ1) is 16.4. The number of alkyl halides is 9. The van der Waals surface area contributed by atoms with Crippen molar-refractivity contribution >= 4 is 15.9 Å². The minimum atomic E-state index is -5.19. The van der Waals surface area contributed by atoms with Crippen LogP contribution >= 0.6 is 0 Å². The SMILES string of the molecule is O=C(Cc1ccc(C(F)(F)F)cc1)N1CCN(S(=O)(=O)C2C=C(C(F)(F)F)C=C(C(F)(F)F)C2)CC1. The number of piperazine rings is 1. The van der Waals surface area contributed by atoms with E-state index >= 15 is 0 Å². The number of allylic oxidation sites excluding steroid dienone is 3. The molecule has 15 heteroatoms. The third-order valence-corrected chi connectivity index (χ3v) is 7.93. The molecule has 3 rings (SSSR count). The van der Waals surface area contributed by atoms with Crippen molar-refractivity contribution < 1.29 is 52.7 Å². The summed E-state index contributed by atoms with van der Waals surface area (Å²) in [7, 11) is -4.63. The second-order valence-corrected chi connectivity index (χ2v) is 10.4. The van der Waals surface area contributed by atoms with Gasteiger partial charge in [0.25, 0.3) is 0 Å². The van der Waals surface area contributed by atoms with Crippen LogP contribution in [0.15, 0.2) is 47.6 Å². The summed E-state index contributed by atoms with van der Waals surface area (Å²) in [6.45, 7) is -1.11. The molecule has 0 radical (unpaired) electrons. The molecule has 1 atom stereocenters. The number of benzene rings is 1. The van der Waals surface area contributed by atoms with Crippen molar-refractivity contribution in [3.05, 3.63) is 58.7 Å². The van der Waals surface area contributed by atoms with E-state index in [2.05, 4.69) is 0 Å². The fourth-order valence-corrected chi connectivity index (χ4v) is 5.58. The Morgan fingerprint density at radius 2 is 1.39 bits per heavy atom. The van der Waals surface area contributed by atoms with E-state index in [4.69, 9.17) is 0 Å². The van der Waals surface area contributed by atoms with Gasteiger partial charge in [0.2, 0.25) is 15.9 Å². The topological polar surface area (TPSA) is 57.7 Å². The van der Waals surface area contributed by atoms with Gasteiger partial charge in [-0.25, -0.2) is 8.42 Å². The summed E-state index contributed by atoms with van der Waals surface area (Å²) in [6, 6.07) is 3.87. The lowest BCUT2D eigenvalue weighted by Crippen LogP contribution is -2.53. The van der Waals surface area contributed by atoms with E-state index < -0.39 is 62.8 Å². The summed E-state index contributed by atoms with van der Waals surface area (Å²) in [5.74, 6) is -0.522. The Labute approximate surface area is 199 Å². The van der Waals surface area contributed by atoms with Crippen LogP contribution < -0.4 is 0 Å². The molecule has 1 fully saturated rings. The Bertz CT molecular complexity index is 1140. The Morgan fingerprint density at radius 3 is 1.86 bits per heavy atom. The van der Waals surface area contributed by atoms with E-state index in [1.54, 1.807) is 0 Å². The van der Waals surface area contributed by atoms with E-state index in [9.17, 15) is 52.7 Å². The second-order valence-electron chi connectivity index (χ2n) is 8.23. The number of carbonyl (C=O) groups excluding carboxylic acids is 1. The van der Waals surface area contributed by atoms with Gasteiger partial charge in [-0.3, -0.25) is 4.79 Å². The molecule has 0 bridgehead atoms. The minimum absolute atomic E-state index is 0.107. The fraction of sp³-hybridized carbons (Fsp3) is 0.476. The average Bonchev–Trinajstić information content (AvgIpc) is 2.77. The molecule has 1 amide bonds. The van der Waals surface area contributed by atoms with Gasteiger partial charge in [0.05, 0.1) is 22.8 Å². The second kappa shape index (κ2) is 9.72. The van der Waals surface area contributed by atoms with Crippen LogP contribution in [-0.2, 0) is 27.4 Å². The van der Waals surface area contributed by atoms with Crippen LogP contribution in [0.4, 0.5) is 39.5 Å². The van der Waals surface area contributed by atoms with Crippen molar-refractivity contribution in [3.8, 4) is 0 Å². The maximum atomic E-state index is 13.1. The summed E-state index contributed by atoms with van der Waals surface area (Å²) >= 11 is 0. The fourth-order valence-electron chi connectivity index (χ4n) is 3.82. The quantitative estimate of drug-likeness (QED) is 0.520. The molecule has 0 aromatic heterocycles. The first kappa shape index (κ1) is 28.0. The minimum Gasteiger partial charge on any atom is -0.340 e. The molecule has 1 aromatic rings. The lowest BCUT2D eigenvalue weighted by molar-refractivity contribution is -0.137. The van der Waals surface area contributed by atoms with Gasteiger partial charge in [0, 0.05) is 31.8 Å². The van der Waals surface area contributed by atoms with E-state index in [-0.39, 0.29) is 50.3 Å². The number of sulfonamides is 1. The van der Waals surface area contributed by atoms with E-state index in [1.165, 1.54) is 4.90 Å². The summed E-state index contributed by atoms with van der Waals surface area (Å²) in [6.07, 6.45) is -16.2. The molecule has 0 N–H and O–H groups in total. The molecule has 36 heavy (non-hydrogen) atoms. The van der Waals surface area contributed by atoms with Crippen molar-refractivity contribution in [2.75, 3.05) is 26.2 Å². The molecule has 5 nitrogen and oxygen atoms in total. The first-order valence-corrected chi connectivity index (χ1v) is 11.9. The highest BCUT2D eigenvalue weighted by molar-refractivity contribution is 7.89. The number of hydrogen-bond acceptors (Lipinski definition) is 3. The summed E-state index contributed by atoms with van der Waals surface area (Å²) in [4.78, 5) is 13.7. The van der Waals surface area contributed by atoms with Crippen LogP contribution in [0.2, 0.25) is 0 Å². The molecule has 1 aliphatic heterocycles. The Morgan fingerprint density at radius 1 is 0.833 bits per heavy atom. The number of hydrogen-bond donors (Lipinski definition) is 0. The zero-order valence-corrected chi connectivity index (χ0v) is 19.0. The van der Waals surface area contributed by atoms with Gasteiger partial charge in [-0.05, 0) is 30.2 Å². The number of rotatable bonds is 4. The molecule has 200 valence electrons. The van der Waals surface area contributed by atoms with Gasteiger partial charge in [0.1, 0.15) is 0 Å². The van der Waals surface area contributed by atoms with Crippen LogP contribution in [0.5, 0.6) is 0 Å². The van der Waals surface area contributed by atoms with Gasteiger partial charge in [-0.1, -0.05) is 18.2 Å². The van der Waals surface area contributed by atoms with Crippen molar-refractivity contribution in [2.45, 2.75) is 36.6 Å². The Kier molecular flexibility index (Phi) is 7.57. The summed E-state index contributed by atoms with van der Waals surface area (Å²) in [5.41, 5.74) is -3.94. The van der Waals surface area contributed by atoms with Crippen molar-refractivity contribution in [1.29, 1.82) is 0 Å².